The Kier molecular flexibility index (Phi) is 37.3. The van der Waals surface area contributed by atoms with E-state index in [1.807, 2.05) is 0 Å². The molecule has 0 aromatic carbocycles. The van der Waals surface area contributed by atoms with E-state index in [-0.39, 0.29) is 24.6 Å². The molecule has 0 spiro atoms. The topological polar surface area (TPSA) is 76.1 Å². The van der Waals surface area contributed by atoms with Crippen LogP contribution in [0.15, 0.2) is 0 Å². The molecule has 0 fully saturated rings. The Morgan fingerprint density at radius 1 is 0.538 bits per heavy atom. The van der Waals surface area contributed by atoms with Crippen LogP contribution in [-0.4, -0.2) is 60.9 Å². The number of aliphatic hydroxyl groups is 1. The summed E-state index contributed by atoms with van der Waals surface area (Å²) >= 11 is 0. The normalized spacial score (nSPS) is 11.9. The van der Waals surface area contributed by atoms with Gasteiger partial charge in [-0.2, -0.15) is 0 Å². The Balaban J connectivity index is 4.20. The summed E-state index contributed by atoms with van der Waals surface area (Å²) in [6, 6.07) is 0. The SMILES string of the molecule is CCCCCCCCCCCCOC(=O)CCCCN(CCO)CCCCCCC(C)(C)C(=O)OC(CCCCCCCC)CCCCCCCC. The van der Waals surface area contributed by atoms with Crippen LogP contribution in [0.2, 0.25) is 0 Å². The van der Waals surface area contributed by atoms with Crippen LogP contribution >= 0.6 is 0 Å². The smallest absolute Gasteiger partial charge is 0.311 e. The number of hydrogen-bond acceptors (Lipinski definition) is 6. The van der Waals surface area contributed by atoms with Gasteiger partial charge >= 0.3 is 11.9 Å². The number of esters is 2. The second-order valence-electron chi connectivity index (χ2n) is 16.6. The van der Waals surface area contributed by atoms with Crippen molar-refractivity contribution < 1.29 is 24.2 Å². The van der Waals surface area contributed by atoms with Gasteiger partial charge in [0.1, 0.15) is 6.10 Å². The van der Waals surface area contributed by atoms with Gasteiger partial charge in [-0.25, -0.2) is 0 Å². The molecular weight excluding hydrogens is 647 g/mol. The molecule has 0 saturated heterocycles. The van der Waals surface area contributed by atoms with Crippen molar-refractivity contribution >= 4 is 11.9 Å². The Hall–Kier alpha value is -1.14. The van der Waals surface area contributed by atoms with E-state index in [1.165, 1.54) is 116 Å². The molecule has 0 amide bonds. The number of hydrogen-bond donors (Lipinski definition) is 1. The second-order valence-corrected chi connectivity index (χ2v) is 16.6. The molecular formula is C46H91NO5. The Labute approximate surface area is 324 Å². The molecule has 0 unspecified atom stereocenters. The number of unbranched alkanes of at least 4 members (excludes halogenated alkanes) is 23. The summed E-state index contributed by atoms with van der Waals surface area (Å²) in [5, 5.41) is 9.58. The maximum absolute atomic E-state index is 13.3. The highest BCUT2D eigenvalue weighted by molar-refractivity contribution is 5.76. The molecule has 0 aliphatic rings. The Morgan fingerprint density at radius 2 is 0.962 bits per heavy atom. The minimum Gasteiger partial charge on any atom is -0.466 e. The third kappa shape index (κ3) is 33.4. The first-order valence-electron chi connectivity index (χ1n) is 23.0. The van der Waals surface area contributed by atoms with E-state index in [9.17, 15) is 14.7 Å². The van der Waals surface area contributed by atoms with Gasteiger partial charge in [0.05, 0.1) is 18.6 Å². The zero-order valence-corrected chi connectivity index (χ0v) is 35.8. The summed E-state index contributed by atoms with van der Waals surface area (Å²) in [4.78, 5) is 27.8. The third-order valence-corrected chi connectivity index (χ3v) is 10.9. The van der Waals surface area contributed by atoms with E-state index in [0.717, 1.165) is 96.6 Å². The Morgan fingerprint density at radius 3 is 1.46 bits per heavy atom. The van der Waals surface area contributed by atoms with E-state index in [2.05, 4.69) is 39.5 Å². The fourth-order valence-corrected chi connectivity index (χ4v) is 7.16. The van der Waals surface area contributed by atoms with Crippen LogP contribution in [0.4, 0.5) is 0 Å². The van der Waals surface area contributed by atoms with E-state index in [4.69, 9.17) is 9.47 Å². The predicted octanol–water partition coefficient (Wildman–Crippen LogP) is 13.3. The monoisotopic (exact) mass is 738 g/mol. The van der Waals surface area contributed by atoms with Crippen LogP contribution in [0.25, 0.3) is 0 Å². The zero-order chi connectivity index (χ0) is 38.4. The average molecular weight is 738 g/mol. The highest BCUT2D eigenvalue weighted by Crippen LogP contribution is 2.28. The predicted molar refractivity (Wildman–Crippen MR) is 223 cm³/mol. The molecule has 1 N–H and O–H groups in total. The number of carbonyl (C=O) groups is 2. The van der Waals surface area contributed by atoms with Gasteiger partial charge in [-0.3, -0.25) is 9.59 Å². The first kappa shape index (κ1) is 50.9. The fraction of sp³-hybridized carbons (Fsp3) is 0.957. The summed E-state index contributed by atoms with van der Waals surface area (Å²) in [6.07, 6.45) is 37.6. The summed E-state index contributed by atoms with van der Waals surface area (Å²) < 4.78 is 11.7. The van der Waals surface area contributed by atoms with Crippen LogP contribution in [-0.2, 0) is 19.1 Å². The summed E-state index contributed by atoms with van der Waals surface area (Å²) in [7, 11) is 0. The van der Waals surface area contributed by atoms with Crippen molar-refractivity contribution in [2.75, 3.05) is 32.8 Å². The number of aliphatic hydroxyl groups excluding tert-OH is 1. The first-order valence-corrected chi connectivity index (χ1v) is 23.0. The number of ether oxygens (including phenoxy) is 2. The molecule has 0 radical (unpaired) electrons. The summed E-state index contributed by atoms with van der Waals surface area (Å²) in [5.41, 5.74) is -0.447. The summed E-state index contributed by atoms with van der Waals surface area (Å²) in [6.45, 7) is 14.2. The molecule has 0 aliphatic carbocycles. The van der Waals surface area contributed by atoms with Gasteiger partial charge in [-0.05, 0) is 84.7 Å². The lowest BCUT2D eigenvalue weighted by Crippen LogP contribution is -2.31. The largest absolute Gasteiger partial charge is 0.466 e. The van der Waals surface area contributed by atoms with E-state index in [0.29, 0.717) is 19.6 Å². The van der Waals surface area contributed by atoms with E-state index < -0.39 is 5.41 Å². The van der Waals surface area contributed by atoms with Crippen molar-refractivity contribution in [3.8, 4) is 0 Å². The second kappa shape index (κ2) is 38.1. The quantitative estimate of drug-likeness (QED) is 0.0497. The first-order chi connectivity index (χ1) is 25.3. The van der Waals surface area contributed by atoms with Crippen molar-refractivity contribution in [1.29, 1.82) is 0 Å². The fourth-order valence-electron chi connectivity index (χ4n) is 7.16. The highest BCUT2D eigenvalue weighted by Gasteiger charge is 2.30. The van der Waals surface area contributed by atoms with Gasteiger partial charge in [0.15, 0.2) is 0 Å². The van der Waals surface area contributed by atoms with Gasteiger partial charge < -0.3 is 19.5 Å². The molecule has 0 aromatic heterocycles. The molecule has 0 heterocycles. The van der Waals surface area contributed by atoms with Gasteiger partial charge in [-0.1, -0.05) is 162 Å². The number of nitrogens with zero attached hydrogens (tertiary/aromatic N) is 1. The van der Waals surface area contributed by atoms with Crippen LogP contribution < -0.4 is 0 Å². The molecule has 0 saturated carbocycles. The van der Waals surface area contributed by atoms with Crippen molar-refractivity contribution in [1.82, 2.24) is 4.90 Å². The van der Waals surface area contributed by atoms with Gasteiger partial charge in [-0.15, -0.1) is 0 Å². The lowest BCUT2D eigenvalue weighted by atomic mass is 9.86. The summed E-state index contributed by atoms with van der Waals surface area (Å²) in [5.74, 6) is -0.0751. The molecule has 0 rings (SSSR count). The van der Waals surface area contributed by atoms with Crippen molar-refractivity contribution in [2.24, 2.45) is 5.41 Å². The number of rotatable bonds is 41. The molecule has 52 heavy (non-hydrogen) atoms. The maximum Gasteiger partial charge on any atom is 0.311 e. The Bertz CT molecular complexity index is 756. The van der Waals surface area contributed by atoms with Gasteiger partial charge in [0.2, 0.25) is 0 Å². The van der Waals surface area contributed by atoms with Crippen LogP contribution in [0, 0.1) is 5.41 Å². The van der Waals surface area contributed by atoms with Gasteiger partial charge in [0.25, 0.3) is 0 Å². The minimum atomic E-state index is -0.447. The molecule has 0 atom stereocenters. The molecule has 310 valence electrons. The zero-order valence-electron chi connectivity index (χ0n) is 35.8. The molecule has 6 nitrogen and oxygen atoms in total. The third-order valence-electron chi connectivity index (χ3n) is 10.9. The van der Waals surface area contributed by atoms with Crippen molar-refractivity contribution in [3.05, 3.63) is 0 Å². The van der Waals surface area contributed by atoms with Crippen LogP contribution in [0.5, 0.6) is 0 Å². The molecule has 0 aromatic rings. The average Bonchev–Trinajstić information content (AvgIpc) is 3.13. The maximum atomic E-state index is 13.3. The van der Waals surface area contributed by atoms with E-state index in [1.54, 1.807) is 0 Å². The highest BCUT2D eigenvalue weighted by atomic mass is 16.5. The molecule has 0 aliphatic heterocycles. The lowest BCUT2D eigenvalue weighted by molar-refractivity contribution is -0.161. The number of carbonyl (C=O) groups excluding carboxylic acids is 2. The van der Waals surface area contributed by atoms with Crippen LogP contribution in [0.3, 0.4) is 0 Å². The lowest BCUT2D eigenvalue weighted by Gasteiger charge is -2.27. The molecule has 0 bridgehead atoms. The molecule has 6 heteroatoms. The van der Waals surface area contributed by atoms with Crippen molar-refractivity contribution in [2.45, 2.75) is 246 Å². The van der Waals surface area contributed by atoms with Crippen LogP contribution in [0.1, 0.15) is 240 Å². The minimum absolute atomic E-state index is 0.00808. The van der Waals surface area contributed by atoms with Gasteiger partial charge in [0, 0.05) is 13.0 Å². The van der Waals surface area contributed by atoms with E-state index >= 15 is 0 Å². The van der Waals surface area contributed by atoms with Crippen molar-refractivity contribution in [3.63, 3.8) is 0 Å². The standard InChI is InChI=1S/C46H91NO5/c1-6-9-12-15-18-19-20-21-26-33-42-51-44(49)36-29-32-39-47(40-41-48)38-31-25-24-30-37-46(4,5)45(50)52-43(34-27-22-16-13-10-7-2)35-28-23-17-14-11-8-3/h43,48H,6-42H2,1-5H3.